The lowest BCUT2D eigenvalue weighted by molar-refractivity contribution is -0.114. The highest BCUT2D eigenvalue weighted by Gasteiger charge is 2.56. The second kappa shape index (κ2) is 5.69. The molecule has 24 heavy (non-hydrogen) atoms. The highest BCUT2D eigenvalue weighted by Crippen LogP contribution is 2.64. The maximum Gasteiger partial charge on any atom is 0.123 e. The van der Waals surface area contributed by atoms with E-state index in [0.29, 0.717) is 11.3 Å². The molecule has 0 unspecified atom stereocenters. The molecule has 134 valence electrons. The van der Waals surface area contributed by atoms with Crippen LogP contribution in [0.25, 0.3) is 0 Å². The van der Waals surface area contributed by atoms with Crippen LogP contribution in [0.5, 0.6) is 0 Å². The average Bonchev–Trinajstić information content (AvgIpc) is 2.90. The van der Waals surface area contributed by atoms with Gasteiger partial charge >= 0.3 is 0 Å². The lowest BCUT2D eigenvalue weighted by Gasteiger charge is -2.54. The minimum atomic E-state index is -0.476. The lowest BCUT2D eigenvalue weighted by atomic mass is 9.50. The Balaban J connectivity index is 1.59. The van der Waals surface area contributed by atoms with Crippen molar-refractivity contribution in [3.8, 4) is 0 Å². The fourth-order valence-corrected chi connectivity index (χ4v) is 7.47. The van der Waals surface area contributed by atoms with Crippen LogP contribution in [0.2, 0.25) is 0 Å². The molecule has 0 radical (unpaired) electrons. The van der Waals surface area contributed by atoms with Crippen molar-refractivity contribution in [1.29, 1.82) is 0 Å². The normalized spacial score (nSPS) is 51.8. The van der Waals surface area contributed by atoms with E-state index in [9.17, 15) is 9.90 Å². The van der Waals surface area contributed by atoms with Crippen LogP contribution >= 0.6 is 0 Å². The second-order valence-electron chi connectivity index (χ2n) is 9.99. The van der Waals surface area contributed by atoms with Gasteiger partial charge in [0.05, 0.1) is 5.60 Å². The summed E-state index contributed by atoms with van der Waals surface area (Å²) in [6, 6.07) is 0. The van der Waals surface area contributed by atoms with Gasteiger partial charge in [0, 0.05) is 5.92 Å². The molecule has 0 spiro atoms. The fourth-order valence-electron chi connectivity index (χ4n) is 7.47. The van der Waals surface area contributed by atoms with E-state index in [2.05, 4.69) is 19.9 Å². The van der Waals surface area contributed by atoms with Gasteiger partial charge in [0.1, 0.15) is 6.29 Å². The lowest BCUT2D eigenvalue weighted by Crippen LogP contribution is -2.48. The monoisotopic (exact) mass is 330 g/mol. The van der Waals surface area contributed by atoms with Crippen LogP contribution < -0.4 is 0 Å². The van der Waals surface area contributed by atoms with E-state index >= 15 is 0 Å². The molecule has 4 rings (SSSR count). The molecule has 0 amide bonds. The second-order valence-corrected chi connectivity index (χ2v) is 9.99. The molecular formula is C22H34O2. The summed E-state index contributed by atoms with van der Waals surface area (Å²) in [6.07, 6.45) is 13.2. The molecule has 0 aromatic rings. The SMILES string of the molecule is C[C@H](C=O)[C@H]1CC[C@H]2[C@@H]3CC=C4C[C@@](C)(O)CC[C@@H]4[C@H]3CC[C@]12C. The molecule has 0 aromatic carbocycles. The number of aldehydes is 1. The Bertz CT molecular complexity index is 548. The number of hydrogen-bond acceptors (Lipinski definition) is 2. The van der Waals surface area contributed by atoms with E-state index in [-0.39, 0.29) is 5.92 Å². The van der Waals surface area contributed by atoms with Crippen molar-refractivity contribution in [3.63, 3.8) is 0 Å². The molecule has 0 heterocycles. The first kappa shape index (κ1) is 16.8. The van der Waals surface area contributed by atoms with Crippen LogP contribution in [0.4, 0.5) is 0 Å². The summed E-state index contributed by atoms with van der Waals surface area (Å²) in [6.45, 7) is 6.65. The maximum absolute atomic E-state index is 11.4. The molecule has 8 atom stereocenters. The van der Waals surface area contributed by atoms with Gasteiger partial charge in [-0.25, -0.2) is 0 Å². The summed E-state index contributed by atoms with van der Waals surface area (Å²) >= 11 is 0. The van der Waals surface area contributed by atoms with E-state index in [1.54, 1.807) is 5.57 Å². The summed E-state index contributed by atoms with van der Waals surface area (Å²) in [4.78, 5) is 11.4. The summed E-state index contributed by atoms with van der Waals surface area (Å²) in [5.41, 5.74) is 1.47. The van der Waals surface area contributed by atoms with Gasteiger partial charge < -0.3 is 9.90 Å². The smallest absolute Gasteiger partial charge is 0.123 e. The Kier molecular flexibility index (Phi) is 3.99. The zero-order valence-electron chi connectivity index (χ0n) is 15.6. The van der Waals surface area contributed by atoms with Gasteiger partial charge in [-0.15, -0.1) is 0 Å². The Morgan fingerprint density at radius 1 is 1.17 bits per heavy atom. The first-order chi connectivity index (χ1) is 11.4. The molecule has 4 aliphatic carbocycles. The first-order valence-electron chi connectivity index (χ1n) is 10.2. The van der Waals surface area contributed by atoms with Crippen LogP contribution in [0.15, 0.2) is 11.6 Å². The number of hydrogen-bond donors (Lipinski definition) is 1. The number of fused-ring (bicyclic) bond motifs is 5. The van der Waals surface area contributed by atoms with Gasteiger partial charge in [-0.3, -0.25) is 0 Å². The molecular weight excluding hydrogens is 296 g/mol. The van der Waals surface area contributed by atoms with Gasteiger partial charge in [-0.1, -0.05) is 25.5 Å². The van der Waals surface area contributed by atoms with E-state index in [1.807, 2.05) is 6.92 Å². The van der Waals surface area contributed by atoms with E-state index in [4.69, 9.17) is 0 Å². The fraction of sp³-hybridized carbons (Fsp3) is 0.864. The van der Waals surface area contributed by atoms with Crippen LogP contribution in [-0.2, 0) is 4.79 Å². The summed E-state index contributed by atoms with van der Waals surface area (Å²) in [7, 11) is 0. The van der Waals surface area contributed by atoms with Gasteiger partial charge in [0.15, 0.2) is 0 Å². The minimum absolute atomic E-state index is 0.219. The maximum atomic E-state index is 11.4. The Morgan fingerprint density at radius 3 is 2.71 bits per heavy atom. The molecule has 3 saturated carbocycles. The highest BCUT2D eigenvalue weighted by molar-refractivity contribution is 5.53. The molecule has 0 aromatic heterocycles. The third-order valence-corrected chi connectivity index (χ3v) is 8.64. The Labute approximate surface area is 147 Å². The highest BCUT2D eigenvalue weighted by atomic mass is 16.3. The molecule has 3 fully saturated rings. The summed E-state index contributed by atoms with van der Waals surface area (Å²) < 4.78 is 0. The third kappa shape index (κ3) is 2.43. The van der Waals surface area contributed by atoms with Gasteiger partial charge in [0.25, 0.3) is 0 Å². The van der Waals surface area contributed by atoms with Crippen molar-refractivity contribution >= 4 is 6.29 Å². The van der Waals surface area contributed by atoms with Crippen molar-refractivity contribution in [3.05, 3.63) is 11.6 Å². The number of rotatable bonds is 2. The first-order valence-corrected chi connectivity index (χ1v) is 10.2. The quantitative estimate of drug-likeness (QED) is 0.585. The topological polar surface area (TPSA) is 37.3 Å². The molecule has 2 heteroatoms. The van der Waals surface area contributed by atoms with Crippen LogP contribution in [0.3, 0.4) is 0 Å². The van der Waals surface area contributed by atoms with Crippen molar-refractivity contribution in [1.82, 2.24) is 0 Å². The van der Waals surface area contributed by atoms with E-state index in [1.165, 1.54) is 44.8 Å². The zero-order chi connectivity index (χ0) is 17.1. The van der Waals surface area contributed by atoms with Crippen LogP contribution in [0, 0.1) is 40.9 Å². The van der Waals surface area contributed by atoms with Gasteiger partial charge in [-0.05, 0) is 93.3 Å². The molecule has 1 N–H and O–H groups in total. The van der Waals surface area contributed by atoms with Crippen LogP contribution in [0.1, 0.15) is 72.1 Å². The van der Waals surface area contributed by atoms with E-state index in [0.717, 1.165) is 36.5 Å². The predicted octanol–water partition coefficient (Wildman–Crippen LogP) is 4.76. The summed E-state index contributed by atoms with van der Waals surface area (Å²) in [5, 5.41) is 10.4. The number of carbonyl (C=O) groups excluding carboxylic acids is 1. The average molecular weight is 331 g/mol. The number of allylic oxidation sites excluding steroid dienone is 1. The minimum Gasteiger partial charge on any atom is -0.390 e. The predicted molar refractivity (Wildman–Crippen MR) is 96.4 cm³/mol. The van der Waals surface area contributed by atoms with Crippen LogP contribution in [-0.4, -0.2) is 17.0 Å². The number of carbonyl (C=O) groups is 1. The van der Waals surface area contributed by atoms with Crippen molar-refractivity contribution in [2.45, 2.75) is 77.7 Å². The third-order valence-electron chi connectivity index (χ3n) is 8.64. The van der Waals surface area contributed by atoms with E-state index < -0.39 is 5.60 Å². The van der Waals surface area contributed by atoms with Crippen molar-refractivity contribution < 1.29 is 9.90 Å². The summed E-state index contributed by atoms with van der Waals surface area (Å²) in [5.74, 6) is 4.02. The van der Waals surface area contributed by atoms with Gasteiger partial charge in [0.2, 0.25) is 0 Å². The Morgan fingerprint density at radius 2 is 1.96 bits per heavy atom. The number of aliphatic hydroxyl groups is 1. The molecule has 0 aliphatic heterocycles. The molecule has 0 bridgehead atoms. The van der Waals surface area contributed by atoms with Gasteiger partial charge in [-0.2, -0.15) is 0 Å². The molecule has 4 aliphatic rings. The van der Waals surface area contributed by atoms with Crippen molar-refractivity contribution in [2.75, 3.05) is 0 Å². The largest absolute Gasteiger partial charge is 0.390 e. The van der Waals surface area contributed by atoms with Crippen molar-refractivity contribution in [2.24, 2.45) is 40.9 Å². The Hall–Kier alpha value is -0.630. The standard InChI is InChI=1S/C22H34O2/c1-14(13-23)19-6-7-20-18-5-4-15-12-21(2,24)10-8-16(15)17(18)9-11-22(19,20)3/h4,13-14,16-20,24H,5-12H2,1-3H3/t14-,16+,17-,18-,19-,20+,21+,22-/m1/s1. The molecule has 2 nitrogen and oxygen atoms in total. The molecule has 0 saturated heterocycles. The zero-order valence-corrected chi connectivity index (χ0v) is 15.6.